The summed E-state index contributed by atoms with van der Waals surface area (Å²) < 4.78 is 4.60. The standard InChI is InChI=1S/C11H11NO6/c1-2-18-11(17)12-8-4-6(9(13)14)3-7(5-8)10(15)16/h3-5H,2H2,1H3,(H,12,17)(H,13,14)(H,15,16). The summed E-state index contributed by atoms with van der Waals surface area (Å²) in [6.07, 6.45) is -0.781. The third kappa shape index (κ3) is 3.48. The van der Waals surface area contributed by atoms with Crippen LogP contribution in [0, 0.1) is 0 Å². The van der Waals surface area contributed by atoms with Crippen LogP contribution in [0.5, 0.6) is 0 Å². The molecule has 0 aliphatic rings. The SMILES string of the molecule is CCOC(=O)Nc1cc(C(=O)O)cc(C(=O)O)c1. The number of ether oxygens (including phenoxy) is 1. The fraction of sp³-hybridized carbons (Fsp3) is 0.182. The number of benzene rings is 1. The van der Waals surface area contributed by atoms with Crippen molar-refractivity contribution in [2.75, 3.05) is 11.9 Å². The normalized spacial score (nSPS) is 9.61. The molecule has 0 atom stereocenters. The predicted molar refractivity (Wildman–Crippen MR) is 61.0 cm³/mol. The van der Waals surface area contributed by atoms with Gasteiger partial charge in [0.2, 0.25) is 0 Å². The highest BCUT2D eigenvalue weighted by Crippen LogP contribution is 2.15. The molecule has 0 fully saturated rings. The summed E-state index contributed by atoms with van der Waals surface area (Å²) in [7, 11) is 0. The molecule has 0 bridgehead atoms. The molecule has 1 aromatic carbocycles. The summed E-state index contributed by atoms with van der Waals surface area (Å²) in [6.45, 7) is 1.76. The molecular formula is C11H11NO6. The van der Waals surface area contributed by atoms with Crippen molar-refractivity contribution in [1.82, 2.24) is 0 Å². The minimum absolute atomic E-state index is 0.0470. The minimum Gasteiger partial charge on any atom is -0.478 e. The second-order valence-electron chi connectivity index (χ2n) is 3.25. The first-order chi connectivity index (χ1) is 8.43. The third-order valence-electron chi connectivity index (χ3n) is 1.95. The number of carbonyl (C=O) groups is 3. The van der Waals surface area contributed by atoms with Crippen molar-refractivity contribution in [1.29, 1.82) is 0 Å². The molecule has 0 aliphatic carbocycles. The molecule has 0 saturated heterocycles. The van der Waals surface area contributed by atoms with Crippen molar-refractivity contribution in [2.45, 2.75) is 6.92 Å². The van der Waals surface area contributed by atoms with Crippen LogP contribution in [0.15, 0.2) is 18.2 Å². The number of carboxylic acids is 2. The number of hydrogen-bond donors (Lipinski definition) is 3. The van der Waals surface area contributed by atoms with E-state index in [1.54, 1.807) is 6.92 Å². The van der Waals surface area contributed by atoms with Gasteiger partial charge in [-0.15, -0.1) is 0 Å². The number of hydrogen-bond acceptors (Lipinski definition) is 4. The zero-order valence-corrected chi connectivity index (χ0v) is 9.47. The predicted octanol–water partition coefficient (Wildman–Crippen LogP) is 1.65. The van der Waals surface area contributed by atoms with Crippen LogP contribution in [0.2, 0.25) is 0 Å². The Balaban J connectivity index is 3.07. The molecule has 18 heavy (non-hydrogen) atoms. The average Bonchev–Trinajstić information content (AvgIpc) is 2.28. The fourth-order valence-electron chi connectivity index (χ4n) is 1.23. The fourth-order valence-corrected chi connectivity index (χ4v) is 1.23. The van der Waals surface area contributed by atoms with Gasteiger partial charge in [-0.05, 0) is 25.1 Å². The van der Waals surface area contributed by atoms with Gasteiger partial charge < -0.3 is 14.9 Å². The topological polar surface area (TPSA) is 113 Å². The number of carboxylic acid groups (broad SMARTS) is 2. The summed E-state index contributed by atoms with van der Waals surface area (Å²) >= 11 is 0. The maximum atomic E-state index is 11.1. The van der Waals surface area contributed by atoms with Crippen molar-refractivity contribution in [3.05, 3.63) is 29.3 Å². The molecular weight excluding hydrogens is 242 g/mol. The minimum atomic E-state index is -1.29. The number of carbonyl (C=O) groups excluding carboxylic acids is 1. The lowest BCUT2D eigenvalue weighted by molar-refractivity contribution is 0.0696. The summed E-state index contributed by atoms with van der Waals surface area (Å²) in [5, 5.41) is 19.9. The van der Waals surface area contributed by atoms with Gasteiger partial charge in [0, 0.05) is 5.69 Å². The largest absolute Gasteiger partial charge is 0.478 e. The van der Waals surface area contributed by atoms with E-state index in [-0.39, 0.29) is 23.4 Å². The number of rotatable bonds is 4. The van der Waals surface area contributed by atoms with Gasteiger partial charge in [0.25, 0.3) is 0 Å². The molecule has 0 unspecified atom stereocenters. The molecule has 7 heteroatoms. The van der Waals surface area contributed by atoms with Gasteiger partial charge in [-0.1, -0.05) is 0 Å². The second-order valence-corrected chi connectivity index (χ2v) is 3.25. The molecule has 96 valence electrons. The van der Waals surface area contributed by atoms with E-state index >= 15 is 0 Å². The van der Waals surface area contributed by atoms with Crippen molar-refractivity contribution < 1.29 is 29.3 Å². The highest BCUT2D eigenvalue weighted by atomic mass is 16.5. The zero-order valence-electron chi connectivity index (χ0n) is 9.47. The summed E-state index contributed by atoms with van der Waals surface area (Å²) in [5.74, 6) is -2.57. The lowest BCUT2D eigenvalue weighted by Crippen LogP contribution is -2.14. The van der Waals surface area contributed by atoms with Crippen LogP contribution in [0.1, 0.15) is 27.6 Å². The number of amides is 1. The summed E-state index contributed by atoms with van der Waals surface area (Å²) in [6, 6.07) is 3.29. The summed E-state index contributed by atoms with van der Waals surface area (Å²) in [5.41, 5.74) is -0.422. The van der Waals surface area contributed by atoms with Gasteiger partial charge in [0.15, 0.2) is 0 Å². The van der Waals surface area contributed by atoms with Crippen LogP contribution in [-0.2, 0) is 4.74 Å². The Morgan fingerprint density at radius 1 is 1.11 bits per heavy atom. The van der Waals surface area contributed by atoms with Gasteiger partial charge in [-0.3, -0.25) is 5.32 Å². The van der Waals surface area contributed by atoms with E-state index < -0.39 is 18.0 Å². The molecule has 0 aromatic heterocycles. The van der Waals surface area contributed by atoms with Crippen LogP contribution in [0.3, 0.4) is 0 Å². The van der Waals surface area contributed by atoms with E-state index in [4.69, 9.17) is 10.2 Å². The lowest BCUT2D eigenvalue weighted by atomic mass is 10.1. The van der Waals surface area contributed by atoms with Gasteiger partial charge >= 0.3 is 18.0 Å². The molecule has 1 aromatic rings. The zero-order chi connectivity index (χ0) is 13.7. The van der Waals surface area contributed by atoms with Gasteiger partial charge in [-0.25, -0.2) is 14.4 Å². The Kier molecular flexibility index (Phi) is 4.25. The van der Waals surface area contributed by atoms with Crippen molar-refractivity contribution in [3.63, 3.8) is 0 Å². The maximum Gasteiger partial charge on any atom is 0.411 e. The van der Waals surface area contributed by atoms with Crippen LogP contribution >= 0.6 is 0 Å². The van der Waals surface area contributed by atoms with Gasteiger partial charge in [-0.2, -0.15) is 0 Å². The number of anilines is 1. The first-order valence-electron chi connectivity index (χ1n) is 4.99. The van der Waals surface area contributed by atoms with Crippen LogP contribution < -0.4 is 5.32 Å². The van der Waals surface area contributed by atoms with E-state index in [0.29, 0.717) is 0 Å². The molecule has 0 spiro atoms. The molecule has 3 N–H and O–H groups in total. The van der Waals surface area contributed by atoms with E-state index in [1.165, 1.54) is 0 Å². The Bertz CT molecular complexity index is 464. The smallest absolute Gasteiger partial charge is 0.411 e. The van der Waals surface area contributed by atoms with Crippen molar-refractivity contribution in [3.8, 4) is 0 Å². The summed E-state index contributed by atoms with van der Waals surface area (Å²) in [4.78, 5) is 32.8. The molecule has 7 nitrogen and oxygen atoms in total. The highest BCUT2D eigenvalue weighted by molar-refractivity contribution is 5.97. The van der Waals surface area contributed by atoms with E-state index in [1.807, 2.05) is 0 Å². The van der Waals surface area contributed by atoms with E-state index in [0.717, 1.165) is 18.2 Å². The maximum absolute atomic E-state index is 11.1. The Labute approximate surface area is 102 Å². The first-order valence-corrected chi connectivity index (χ1v) is 4.99. The Morgan fingerprint density at radius 3 is 2.00 bits per heavy atom. The Morgan fingerprint density at radius 2 is 1.61 bits per heavy atom. The van der Waals surface area contributed by atoms with E-state index in [9.17, 15) is 14.4 Å². The molecule has 0 radical (unpaired) electrons. The molecule has 1 rings (SSSR count). The lowest BCUT2D eigenvalue weighted by Gasteiger charge is -2.07. The molecule has 0 saturated carbocycles. The molecule has 0 aliphatic heterocycles. The van der Waals surface area contributed by atoms with Crippen LogP contribution in [0.4, 0.5) is 10.5 Å². The monoisotopic (exact) mass is 253 g/mol. The third-order valence-corrected chi connectivity index (χ3v) is 1.95. The average molecular weight is 253 g/mol. The van der Waals surface area contributed by atoms with Crippen LogP contribution in [0.25, 0.3) is 0 Å². The first kappa shape index (κ1) is 13.5. The van der Waals surface area contributed by atoms with Crippen LogP contribution in [-0.4, -0.2) is 34.9 Å². The number of aromatic carboxylic acids is 2. The molecule has 1 amide bonds. The van der Waals surface area contributed by atoms with Crippen molar-refractivity contribution >= 4 is 23.7 Å². The quantitative estimate of drug-likeness (QED) is 0.751. The van der Waals surface area contributed by atoms with E-state index in [2.05, 4.69) is 10.1 Å². The van der Waals surface area contributed by atoms with Gasteiger partial charge in [0.05, 0.1) is 17.7 Å². The number of nitrogens with one attached hydrogen (secondary N) is 1. The highest BCUT2D eigenvalue weighted by Gasteiger charge is 2.12. The van der Waals surface area contributed by atoms with Crippen molar-refractivity contribution in [2.24, 2.45) is 0 Å². The van der Waals surface area contributed by atoms with Gasteiger partial charge in [0.1, 0.15) is 0 Å². The Hall–Kier alpha value is -2.57. The second kappa shape index (κ2) is 5.67. The molecule has 0 heterocycles.